The molecule has 0 radical (unpaired) electrons. The molecule has 6 nitrogen and oxygen atoms in total. The molecular weight excluding hydrogens is 491 g/mol. The molecule has 1 amide bonds. The topological polar surface area (TPSA) is 74.8 Å². The van der Waals surface area contributed by atoms with Crippen LogP contribution in [-0.4, -0.2) is 38.6 Å². The fourth-order valence-corrected chi connectivity index (χ4v) is 2.80. The van der Waals surface area contributed by atoms with E-state index in [4.69, 9.17) is 11.2 Å². The molecule has 0 heterocycles. The van der Waals surface area contributed by atoms with Crippen molar-refractivity contribution in [2.75, 3.05) is 32.1 Å². The number of aryl methyl sites for hydroxylation is 1. The lowest BCUT2D eigenvalue weighted by Gasteiger charge is -2.13. The van der Waals surface area contributed by atoms with Gasteiger partial charge < -0.3 is 20.7 Å². The number of aliphatic imine (C=N–C) groups is 1. The SMILES string of the molecule is C#Cc1cccc(NC(=O)CN=C(NCC)NCCc2cc(C)ccc2OC)c1.I. The maximum absolute atomic E-state index is 12.2. The van der Waals surface area contributed by atoms with Crippen molar-refractivity contribution in [1.29, 1.82) is 0 Å². The van der Waals surface area contributed by atoms with Gasteiger partial charge in [-0.2, -0.15) is 0 Å². The molecule has 0 saturated heterocycles. The van der Waals surface area contributed by atoms with Crippen molar-refractivity contribution in [3.63, 3.8) is 0 Å². The highest BCUT2D eigenvalue weighted by Crippen LogP contribution is 2.19. The zero-order valence-corrected chi connectivity index (χ0v) is 19.9. The third-order valence-corrected chi connectivity index (χ3v) is 4.16. The molecule has 3 N–H and O–H groups in total. The highest BCUT2D eigenvalue weighted by Gasteiger charge is 2.06. The van der Waals surface area contributed by atoms with Crippen LogP contribution in [-0.2, 0) is 11.2 Å². The van der Waals surface area contributed by atoms with E-state index in [2.05, 4.69) is 39.9 Å². The number of methoxy groups -OCH3 is 1. The number of amides is 1. The Kier molecular flexibility index (Phi) is 11.4. The van der Waals surface area contributed by atoms with Crippen molar-refractivity contribution in [3.05, 3.63) is 59.2 Å². The molecule has 0 aromatic heterocycles. The minimum absolute atomic E-state index is 0. The van der Waals surface area contributed by atoms with Crippen LogP contribution >= 0.6 is 24.0 Å². The zero-order chi connectivity index (χ0) is 21.1. The normalized spacial score (nSPS) is 10.4. The van der Waals surface area contributed by atoms with Crippen LogP contribution < -0.4 is 20.7 Å². The summed E-state index contributed by atoms with van der Waals surface area (Å²) in [5.41, 5.74) is 3.69. The van der Waals surface area contributed by atoms with Crippen molar-refractivity contribution < 1.29 is 9.53 Å². The van der Waals surface area contributed by atoms with E-state index in [9.17, 15) is 4.79 Å². The van der Waals surface area contributed by atoms with Crippen LogP contribution in [0.4, 0.5) is 5.69 Å². The molecule has 0 aliphatic rings. The van der Waals surface area contributed by atoms with Crippen LogP contribution in [0, 0.1) is 19.3 Å². The van der Waals surface area contributed by atoms with Gasteiger partial charge in [0, 0.05) is 24.3 Å². The van der Waals surface area contributed by atoms with Crippen LogP contribution in [0.1, 0.15) is 23.6 Å². The highest BCUT2D eigenvalue weighted by atomic mass is 127. The van der Waals surface area contributed by atoms with Gasteiger partial charge in [-0.25, -0.2) is 4.99 Å². The van der Waals surface area contributed by atoms with Crippen LogP contribution in [0.5, 0.6) is 5.75 Å². The first-order valence-electron chi connectivity index (χ1n) is 9.58. The maximum Gasteiger partial charge on any atom is 0.246 e. The van der Waals surface area contributed by atoms with Gasteiger partial charge in [-0.05, 0) is 50.1 Å². The fourth-order valence-electron chi connectivity index (χ4n) is 2.80. The fraction of sp³-hybridized carbons (Fsp3) is 0.304. The Bertz CT molecular complexity index is 906. The number of nitrogens with zero attached hydrogens (tertiary/aromatic N) is 1. The minimum Gasteiger partial charge on any atom is -0.496 e. The van der Waals surface area contributed by atoms with Crippen molar-refractivity contribution in [2.24, 2.45) is 4.99 Å². The Morgan fingerprint density at radius 3 is 2.70 bits per heavy atom. The predicted molar refractivity (Wildman–Crippen MR) is 134 cm³/mol. The summed E-state index contributed by atoms with van der Waals surface area (Å²) < 4.78 is 5.42. The van der Waals surface area contributed by atoms with Crippen LogP contribution in [0.3, 0.4) is 0 Å². The van der Waals surface area contributed by atoms with Gasteiger partial charge in [0.05, 0.1) is 7.11 Å². The van der Waals surface area contributed by atoms with Crippen LogP contribution in [0.2, 0.25) is 0 Å². The number of hydrogen-bond acceptors (Lipinski definition) is 3. The van der Waals surface area contributed by atoms with E-state index in [1.54, 1.807) is 25.3 Å². The van der Waals surface area contributed by atoms with Crippen LogP contribution in [0.25, 0.3) is 0 Å². The summed E-state index contributed by atoms with van der Waals surface area (Å²) in [6.45, 7) is 5.40. The third-order valence-electron chi connectivity index (χ3n) is 4.16. The Morgan fingerprint density at radius 1 is 1.20 bits per heavy atom. The van der Waals surface area contributed by atoms with Crippen molar-refractivity contribution in [1.82, 2.24) is 10.6 Å². The third kappa shape index (κ3) is 8.33. The molecule has 30 heavy (non-hydrogen) atoms. The number of rotatable bonds is 8. The molecule has 7 heteroatoms. The lowest BCUT2D eigenvalue weighted by Crippen LogP contribution is -2.39. The first-order chi connectivity index (χ1) is 14.0. The second-order valence-electron chi connectivity index (χ2n) is 6.46. The largest absolute Gasteiger partial charge is 0.496 e. The number of terminal acetylenes is 1. The van der Waals surface area contributed by atoms with Gasteiger partial charge >= 0.3 is 0 Å². The number of ether oxygens (including phenoxy) is 1. The summed E-state index contributed by atoms with van der Waals surface area (Å²) in [4.78, 5) is 16.5. The van der Waals surface area contributed by atoms with E-state index >= 15 is 0 Å². The van der Waals surface area contributed by atoms with E-state index in [0.29, 0.717) is 30.3 Å². The van der Waals surface area contributed by atoms with E-state index < -0.39 is 0 Å². The number of nitrogens with one attached hydrogen (secondary N) is 3. The lowest BCUT2D eigenvalue weighted by atomic mass is 10.1. The summed E-state index contributed by atoms with van der Waals surface area (Å²) in [6.07, 6.45) is 6.17. The molecule has 0 spiro atoms. The smallest absolute Gasteiger partial charge is 0.246 e. The molecular formula is C23H29IN4O2. The van der Waals surface area contributed by atoms with Gasteiger partial charge in [0.1, 0.15) is 12.3 Å². The first-order valence-corrected chi connectivity index (χ1v) is 9.58. The summed E-state index contributed by atoms with van der Waals surface area (Å²) in [7, 11) is 1.67. The maximum atomic E-state index is 12.2. The second kappa shape index (κ2) is 13.5. The predicted octanol–water partition coefficient (Wildman–Crippen LogP) is 3.34. The first kappa shape index (κ1) is 25.3. The quantitative estimate of drug-likeness (QED) is 0.216. The molecule has 0 bridgehead atoms. The van der Waals surface area contributed by atoms with Crippen molar-refractivity contribution in [2.45, 2.75) is 20.3 Å². The van der Waals surface area contributed by atoms with Crippen molar-refractivity contribution in [3.8, 4) is 18.1 Å². The molecule has 0 unspecified atom stereocenters. The monoisotopic (exact) mass is 520 g/mol. The molecule has 0 fully saturated rings. The number of anilines is 1. The number of halogens is 1. The Hall–Kier alpha value is -2.73. The minimum atomic E-state index is -0.211. The standard InChI is InChI=1S/C23H28N4O2.HI/c1-5-18-8-7-9-20(15-18)27-22(28)16-26-23(24-6-2)25-13-12-19-14-17(3)10-11-21(19)29-4;/h1,7-11,14-15H,6,12-13,16H2,2-4H3,(H,27,28)(H2,24,25,26);1H. The highest BCUT2D eigenvalue weighted by molar-refractivity contribution is 14.0. The Balaban J connectivity index is 0.00000450. The van der Waals surface area contributed by atoms with E-state index in [-0.39, 0.29) is 36.4 Å². The average molecular weight is 520 g/mol. The molecule has 0 saturated carbocycles. The Morgan fingerprint density at radius 2 is 2.00 bits per heavy atom. The molecule has 2 aromatic carbocycles. The molecule has 2 aromatic rings. The van der Waals surface area contributed by atoms with Gasteiger partial charge in [0.25, 0.3) is 0 Å². The molecule has 160 valence electrons. The zero-order valence-electron chi connectivity index (χ0n) is 17.6. The molecule has 0 aliphatic carbocycles. The number of benzene rings is 2. The second-order valence-corrected chi connectivity index (χ2v) is 6.46. The van der Waals surface area contributed by atoms with Gasteiger partial charge in [0.2, 0.25) is 5.91 Å². The summed E-state index contributed by atoms with van der Waals surface area (Å²) >= 11 is 0. The average Bonchev–Trinajstić information content (AvgIpc) is 2.72. The lowest BCUT2D eigenvalue weighted by molar-refractivity contribution is -0.114. The summed E-state index contributed by atoms with van der Waals surface area (Å²) in [5.74, 6) is 3.79. The van der Waals surface area contributed by atoms with Gasteiger partial charge in [0.15, 0.2) is 5.96 Å². The van der Waals surface area contributed by atoms with Crippen molar-refractivity contribution >= 4 is 41.5 Å². The molecule has 0 atom stereocenters. The van der Waals surface area contributed by atoms with Gasteiger partial charge in [-0.3, -0.25) is 4.79 Å². The van der Waals surface area contributed by atoms with E-state index in [0.717, 1.165) is 17.7 Å². The number of carbonyl (C=O) groups is 1. The van der Waals surface area contributed by atoms with E-state index in [1.165, 1.54) is 5.56 Å². The number of hydrogen-bond donors (Lipinski definition) is 3. The number of guanidine groups is 1. The summed E-state index contributed by atoms with van der Waals surface area (Å²) in [6, 6.07) is 13.3. The van der Waals surface area contributed by atoms with Gasteiger partial charge in [-0.15, -0.1) is 30.4 Å². The Labute approximate surface area is 195 Å². The van der Waals surface area contributed by atoms with Gasteiger partial charge in [-0.1, -0.05) is 29.7 Å². The summed E-state index contributed by atoms with van der Waals surface area (Å²) in [5, 5.41) is 9.21. The van der Waals surface area contributed by atoms with E-state index in [1.807, 2.05) is 25.1 Å². The molecule has 2 rings (SSSR count). The van der Waals surface area contributed by atoms with Crippen LogP contribution in [0.15, 0.2) is 47.5 Å². The molecule has 0 aliphatic heterocycles. The number of carbonyl (C=O) groups excluding carboxylic acids is 1.